The summed E-state index contributed by atoms with van der Waals surface area (Å²) < 4.78 is 1.39. The predicted molar refractivity (Wildman–Crippen MR) is 83.8 cm³/mol. The Kier molecular flexibility index (Phi) is 4.60. The summed E-state index contributed by atoms with van der Waals surface area (Å²) in [5.74, 6) is -0.205. The molecule has 1 amide bonds. The summed E-state index contributed by atoms with van der Waals surface area (Å²) in [5.41, 5.74) is 2.03. The first-order valence-electron chi connectivity index (χ1n) is 5.36. The summed E-state index contributed by atoms with van der Waals surface area (Å²) in [5, 5.41) is 3.24. The molecule has 0 aliphatic rings. The number of amides is 1. The van der Waals surface area contributed by atoms with Crippen LogP contribution >= 0.6 is 43.5 Å². The third-order valence-electron chi connectivity index (χ3n) is 2.50. The summed E-state index contributed by atoms with van der Waals surface area (Å²) in [7, 11) is 0. The third-order valence-corrected chi connectivity index (χ3v) is 3.83. The molecule has 2 aromatic rings. The third kappa shape index (κ3) is 3.55. The largest absolute Gasteiger partial charge is 0.320 e. The number of halogens is 3. The lowest BCUT2D eigenvalue weighted by Crippen LogP contribution is -2.14. The van der Waals surface area contributed by atoms with Crippen molar-refractivity contribution in [3.63, 3.8) is 0 Å². The van der Waals surface area contributed by atoms with Crippen LogP contribution in [-0.2, 0) is 0 Å². The lowest BCUT2D eigenvalue weighted by atomic mass is 10.1. The number of hydrogen-bond donors (Lipinski definition) is 1. The summed E-state index contributed by atoms with van der Waals surface area (Å²) in [6, 6.07) is 7.19. The van der Waals surface area contributed by atoms with Gasteiger partial charge in [-0.2, -0.15) is 0 Å². The molecule has 0 atom stereocenters. The van der Waals surface area contributed by atoms with Gasteiger partial charge in [-0.3, -0.25) is 4.79 Å². The molecule has 0 saturated carbocycles. The van der Waals surface area contributed by atoms with E-state index in [-0.39, 0.29) is 5.91 Å². The zero-order valence-corrected chi connectivity index (χ0v) is 13.8. The van der Waals surface area contributed by atoms with E-state index in [0.29, 0.717) is 20.9 Å². The number of benzene rings is 1. The Hall–Kier alpha value is -0.910. The summed E-state index contributed by atoms with van der Waals surface area (Å²) >= 11 is 12.5. The van der Waals surface area contributed by atoms with Gasteiger partial charge in [0.1, 0.15) is 4.60 Å². The molecule has 0 saturated heterocycles. The highest BCUT2D eigenvalue weighted by molar-refractivity contribution is 9.10. The molecule has 1 heterocycles. The van der Waals surface area contributed by atoms with E-state index in [1.54, 1.807) is 12.1 Å². The van der Waals surface area contributed by atoms with Crippen molar-refractivity contribution in [2.75, 3.05) is 5.32 Å². The molecule has 0 radical (unpaired) electrons. The smallest absolute Gasteiger partial charge is 0.256 e. The highest BCUT2D eigenvalue weighted by Crippen LogP contribution is 2.24. The van der Waals surface area contributed by atoms with E-state index in [9.17, 15) is 4.79 Å². The van der Waals surface area contributed by atoms with Crippen LogP contribution in [0, 0.1) is 6.92 Å². The van der Waals surface area contributed by atoms with Crippen molar-refractivity contribution >= 4 is 55.1 Å². The van der Waals surface area contributed by atoms with Gasteiger partial charge in [-0.25, -0.2) is 4.98 Å². The van der Waals surface area contributed by atoms with Crippen LogP contribution in [0.3, 0.4) is 0 Å². The van der Waals surface area contributed by atoms with Crippen molar-refractivity contribution in [2.45, 2.75) is 6.92 Å². The molecule has 0 unspecified atom stereocenters. The fourth-order valence-corrected chi connectivity index (χ4v) is 2.37. The first-order valence-corrected chi connectivity index (χ1v) is 7.32. The first kappa shape index (κ1) is 14.5. The zero-order valence-electron chi connectivity index (χ0n) is 9.88. The SMILES string of the molecule is Cc1ccc(Br)cc1C(=O)Nc1cc(Cl)cnc1Br. The number of aromatic nitrogens is 1. The van der Waals surface area contributed by atoms with Gasteiger partial charge in [0.2, 0.25) is 0 Å². The summed E-state index contributed by atoms with van der Waals surface area (Å²) in [4.78, 5) is 16.3. The molecule has 98 valence electrons. The maximum absolute atomic E-state index is 12.2. The highest BCUT2D eigenvalue weighted by Gasteiger charge is 2.12. The highest BCUT2D eigenvalue weighted by atomic mass is 79.9. The molecule has 0 fully saturated rings. The van der Waals surface area contributed by atoms with Gasteiger partial charge in [-0.1, -0.05) is 33.6 Å². The Morgan fingerprint density at radius 2 is 2.05 bits per heavy atom. The van der Waals surface area contributed by atoms with Gasteiger partial charge in [0.25, 0.3) is 5.91 Å². The molecule has 1 aromatic heterocycles. The van der Waals surface area contributed by atoms with Gasteiger partial charge < -0.3 is 5.32 Å². The monoisotopic (exact) mass is 402 g/mol. The van der Waals surface area contributed by atoms with Crippen LogP contribution in [0.4, 0.5) is 5.69 Å². The lowest BCUT2D eigenvalue weighted by Gasteiger charge is -2.09. The molecule has 19 heavy (non-hydrogen) atoms. The topological polar surface area (TPSA) is 42.0 Å². The Bertz CT molecular complexity index is 647. The number of rotatable bonds is 2. The molecule has 2 rings (SSSR count). The minimum atomic E-state index is -0.205. The van der Waals surface area contributed by atoms with Gasteiger partial charge in [0, 0.05) is 16.2 Å². The Labute approximate surface area is 132 Å². The number of pyridine rings is 1. The average molecular weight is 404 g/mol. The van der Waals surface area contributed by atoms with Crippen LogP contribution in [0.1, 0.15) is 15.9 Å². The van der Waals surface area contributed by atoms with Crippen LogP contribution in [0.5, 0.6) is 0 Å². The molecule has 6 heteroatoms. The number of carbonyl (C=O) groups excluding carboxylic acids is 1. The van der Waals surface area contributed by atoms with Crippen molar-refractivity contribution in [2.24, 2.45) is 0 Å². The van der Waals surface area contributed by atoms with E-state index in [1.807, 2.05) is 19.1 Å². The van der Waals surface area contributed by atoms with Gasteiger partial charge in [0.05, 0.1) is 10.7 Å². The van der Waals surface area contributed by atoms with E-state index < -0.39 is 0 Å². The number of anilines is 1. The Morgan fingerprint density at radius 1 is 1.32 bits per heavy atom. The minimum Gasteiger partial charge on any atom is -0.320 e. The second-order valence-electron chi connectivity index (χ2n) is 3.91. The van der Waals surface area contributed by atoms with Crippen LogP contribution in [0.15, 0.2) is 39.5 Å². The van der Waals surface area contributed by atoms with Crippen LogP contribution < -0.4 is 5.32 Å². The molecule has 3 nitrogen and oxygen atoms in total. The molecule has 0 aliphatic heterocycles. The Balaban J connectivity index is 2.30. The second-order valence-corrected chi connectivity index (χ2v) is 6.01. The van der Waals surface area contributed by atoms with Crippen molar-refractivity contribution in [1.82, 2.24) is 4.98 Å². The minimum absolute atomic E-state index is 0.205. The molecule has 0 spiro atoms. The molecule has 1 N–H and O–H groups in total. The predicted octanol–water partition coefficient (Wildman–Crippen LogP) is 4.82. The normalized spacial score (nSPS) is 10.3. The van der Waals surface area contributed by atoms with Crippen molar-refractivity contribution in [3.05, 3.63) is 55.7 Å². The van der Waals surface area contributed by atoms with Crippen LogP contribution in [0.25, 0.3) is 0 Å². The van der Waals surface area contributed by atoms with Crippen LogP contribution in [-0.4, -0.2) is 10.9 Å². The maximum atomic E-state index is 12.2. The van der Waals surface area contributed by atoms with Crippen molar-refractivity contribution in [1.29, 1.82) is 0 Å². The molecular weight excluding hydrogens is 395 g/mol. The van der Waals surface area contributed by atoms with E-state index in [0.717, 1.165) is 10.0 Å². The molecule has 0 bridgehead atoms. The van der Waals surface area contributed by atoms with E-state index in [4.69, 9.17) is 11.6 Å². The summed E-state index contributed by atoms with van der Waals surface area (Å²) in [6.07, 6.45) is 1.51. The number of nitrogens with one attached hydrogen (secondary N) is 1. The fraction of sp³-hybridized carbons (Fsp3) is 0.0769. The number of hydrogen-bond acceptors (Lipinski definition) is 2. The zero-order chi connectivity index (χ0) is 14.0. The summed E-state index contributed by atoms with van der Waals surface area (Å²) in [6.45, 7) is 1.88. The van der Waals surface area contributed by atoms with Crippen molar-refractivity contribution in [3.8, 4) is 0 Å². The van der Waals surface area contributed by atoms with Gasteiger partial charge in [-0.05, 0) is 46.6 Å². The first-order chi connectivity index (χ1) is 8.97. The van der Waals surface area contributed by atoms with E-state index >= 15 is 0 Å². The van der Waals surface area contributed by atoms with Gasteiger partial charge in [0.15, 0.2) is 0 Å². The Morgan fingerprint density at radius 3 is 2.79 bits per heavy atom. The average Bonchev–Trinajstić information content (AvgIpc) is 2.36. The number of carbonyl (C=O) groups is 1. The molecule has 0 aliphatic carbocycles. The van der Waals surface area contributed by atoms with E-state index in [2.05, 4.69) is 42.2 Å². The number of nitrogens with zero attached hydrogens (tertiary/aromatic N) is 1. The molecular formula is C13H9Br2ClN2O. The van der Waals surface area contributed by atoms with Crippen molar-refractivity contribution < 1.29 is 4.79 Å². The molecule has 1 aromatic carbocycles. The number of aryl methyl sites for hydroxylation is 1. The van der Waals surface area contributed by atoms with Crippen LogP contribution in [0.2, 0.25) is 5.02 Å². The quantitative estimate of drug-likeness (QED) is 0.729. The van der Waals surface area contributed by atoms with Gasteiger partial charge >= 0.3 is 0 Å². The van der Waals surface area contributed by atoms with E-state index in [1.165, 1.54) is 6.20 Å². The second kappa shape index (κ2) is 6.03. The standard InChI is InChI=1S/C13H9Br2ClN2O/c1-7-2-3-8(14)4-10(7)13(19)18-11-5-9(16)6-17-12(11)15/h2-6H,1H3,(H,18,19). The maximum Gasteiger partial charge on any atom is 0.256 e. The van der Waals surface area contributed by atoms with Gasteiger partial charge in [-0.15, -0.1) is 0 Å². The lowest BCUT2D eigenvalue weighted by molar-refractivity contribution is 0.102. The fourth-order valence-electron chi connectivity index (χ4n) is 1.54.